The normalized spacial score (nSPS) is 11.8. The standard InChI is InChI=1S/C12H15FN4O2S/c1-8-10(6-15-17-8)7-16-20(18,19)12-4-9(5-14)2-3-11(12)13/h2-4,6,16H,5,7,14H2,1H3,(H,15,17). The van der Waals surface area contributed by atoms with Crippen molar-refractivity contribution < 1.29 is 12.8 Å². The Hall–Kier alpha value is -1.77. The number of aromatic nitrogens is 2. The molecule has 0 radical (unpaired) electrons. The topological polar surface area (TPSA) is 101 Å². The fraction of sp³-hybridized carbons (Fsp3) is 0.250. The molecular weight excluding hydrogens is 283 g/mol. The number of nitrogens with two attached hydrogens (primary N) is 1. The average Bonchev–Trinajstić information content (AvgIpc) is 2.82. The zero-order chi connectivity index (χ0) is 14.8. The summed E-state index contributed by atoms with van der Waals surface area (Å²) in [5.41, 5.74) is 7.43. The second-order valence-corrected chi connectivity index (χ2v) is 6.05. The maximum absolute atomic E-state index is 13.7. The van der Waals surface area contributed by atoms with Crippen LogP contribution in [0.1, 0.15) is 16.8 Å². The van der Waals surface area contributed by atoms with Crippen LogP contribution in [0.25, 0.3) is 0 Å². The van der Waals surface area contributed by atoms with Crippen LogP contribution < -0.4 is 10.5 Å². The lowest BCUT2D eigenvalue weighted by molar-refractivity contribution is 0.556. The predicted molar refractivity (Wildman–Crippen MR) is 71.6 cm³/mol. The van der Waals surface area contributed by atoms with Gasteiger partial charge < -0.3 is 5.73 Å². The van der Waals surface area contributed by atoms with E-state index >= 15 is 0 Å². The number of benzene rings is 1. The molecule has 0 unspecified atom stereocenters. The van der Waals surface area contributed by atoms with Gasteiger partial charge in [-0.1, -0.05) is 6.07 Å². The average molecular weight is 298 g/mol. The maximum Gasteiger partial charge on any atom is 0.243 e. The van der Waals surface area contributed by atoms with Gasteiger partial charge in [-0.15, -0.1) is 0 Å². The number of hydrogen-bond donors (Lipinski definition) is 3. The Kier molecular flexibility index (Phi) is 4.17. The Balaban J connectivity index is 2.24. The molecule has 0 amide bonds. The van der Waals surface area contributed by atoms with Crippen LogP contribution in [0.5, 0.6) is 0 Å². The third-order valence-corrected chi connectivity index (χ3v) is 4.32. The minimum atomic E-state index is -3.94. The lowest BCUT2D eigenvalue weighted by Gasteiger charge is -2.08. The molecule has 6 nitrogen and oxygen atoms in total. The van der Waals surface area contributed by atoms with Crippen molar-refractivity contribution in [3.8, 4) is 0 Å². The van der Waals surface area contributed by atoms with E-state index in [1.807, 2.05) is 0 Å². The molecule has 0 fully saturated rings. The van der Waals surface area contributed by atoms with Gasteiger partial charge in [0, 0.05) is 24.3 Å². The SMILES string of the molecule is Cc1[nH]ncc1CNS(=O)(=O)c1cc(CN)ccc1F. The van der Waals surface area contributed by atoms with Crippen LogP contribution in [0, 0.1) is 12.7 Å². The van der Waals surface area contributed by atoms with Gasteiger partial charge in [-0.3, -0.25) is 5.10 Å². The summed E-state index contributed by atoms with van der Waals surface area (Å²) in [6.07, 6.45) is 1.52. The summed E-state index contributed by atoms with van der Waals surface area (Å²) in [7, 11) is -3.94. The summed E-state index contributed by atoms with van der Waals surface area (Å²) in [4.78, 5) is -0.401. The van der Waals surface area contributed by atoms with Crippen LogP contribution in [0.3, 0.4) is 0 Å². The fourth-order valence-corrected chi connectivity index (χ4v) is 2.82. The Bertz CT molecular complexity index is 712. The second kappa shape index (κ2) is 5.70. The summed E-state index contributed by atoms with van der Waals surface area (Å²) >= 11 is 0. The predicted octanol–water partition coefficient (Wildman–Crippen LogP) is 0.794. The fourth-order valence-electron chi connectivity index (χ4n) is 1.69. The van der Waals surface area contributed by atoms with Crippen LogP contribution in [0.4, 0.5) is 4.39 Å². The monoisotopic (exact) mass is 298 g/mol. The molecule has 2 rings (SSSR count). The van der Waals surface area contributed by atoms with E-state index in [0.29, 0.717) is 11.1 Å². The molecule has 0 aliphatic rings. The minimum Gasteiger partial charge on any atom is -0.326 e. The number of halogens is 1. The van der Waals surface area contributed by atoms with Crippen molar-refractivity contribution in [1.82, 2.24) is 14.9 Å². The van der Waals surface area contributed by atoms with Gasteiger partial charge in [0.2, 0.25) is 10.0 Å². The molecule has 1 aromatic heterocycles. The Morgan fingerprint density at radius 3 is 2.80 bits per heavy atom. The van der Waals surface area contributed by atoms with Crippen molar-refractivity contribution in [1.29, 1.82) is 0 Å². The molecule has 0 aliphatic carbocycles. The van der Waals surface area contributed by atoms with Gasteiger partial charge in [-0.2, -0.15) is 5.10 Å². The highest BCUT2D eigenvalue weighted by molar-refractivity contribution is 7.89. The lowest BCUT2D eigenvalue weighted by atomic mass is 10.2. The molecule has 8 heteroatoms. The molecule has 0 atom stereocenters. The molecule has 1 aromatic carbocycles. The number of H-pyrrole nitrogens is 1. The number of rotatable bonds is 5. The Morgan fingerprint density at radius 2 is 2.20 bits per heavy atom. The first-order valence-electron chi connectivity index (χ1n) is 5.91. The van der Waals surface area contributed by atoms with Crippen LogP contribution >= 0.6 is 0 Å². The van der Waals surface area contributed by atoms with E-state index in [1.165, 1.54) is 18.3 Å². The van der Waals surface area contributed by atoms with Crippen LogP contribution in [-0.4, -0.2) is 18.6 Å². The zero-order valence-corrected chi connectivity index (χ0v) is 11.7. The van der Waals surface area contributed by atoms with Gasteiger partial charge in [0.1, 0.15) is 10.7 Å². The molecule has 1 heterocycles. The van der Waals surface area contributed by atoms with Crippen molar-refractivity contribution >= 4 is 10.0 Å². The third kappa shape index (κ3) is 3.03. The summed E-state index contributed by atoms with van der Waals surface area (Å²) < 4.78 is 40.2. The van der Waals surface area contributed by atoms with Crippen molar-refractivity contribution in [2.24, 2.45) is 5.73 Å². The first-order valence-corrected chi connectivity index (χ1v) is 7.39. The third-order valence-electron chi connectivity index (χ3n) is 2.91. The first kappa shape index (κ1) is 14.6. The molecular formula is C12H15FN4O2S. The van der Waals surface area contributed by atoms with Gasteiger partial charge in [0.15, 0.2) is 0 Å². The molecule has 108 valence electrons. The number of hydrogen-bond acceptors (Lipinski definition) is 4. The zero-order valence-electron chi connectivity index (χ0n) is 10.9. The summed E-state index contributed by atoms with van der Waals surface area (Å²) in [6.45, 7) is 1.95. The number of nitrogens with one attached hydrogen (secondary N) is 2. The van der Waals surface area contributed by atoms with E-state index in [9.17, 15) is 12.8 Å². The minimum absolute atomic E-state index is 0.0387. The van der Waals surface area contributed by atoms with Gasteiger partial charge >= 0.3 is 0 Å². The summed E-state index contributed by atoms with van der Waals surface area (Å²) in [5, 5.41) is 6.49. The number of aromatic amines is 1. The van der Waals surface area contributed by atoms with Gasteiger partial charge in [-0.05, 0) is 24.6 Å². The molecule has 2 aromatic rings. The molecule has 0 bridgehead atoms. The van der Waals surface area contributed by atoms with Crippen molar-refractivity contribution in [2.45, 2.75) is 24.9 Å². The lowest BCUT2D eigenvalue weighted by Crippen LogP contribution is -2.24. The smallest absolute Gasteiger partial charge is 0.243 e. The van der Waals surface area contributed by atoms with E-state index in [-0.39, 0.29) is 13.1 Å². The van der Waals surface area contributed by atoms with E-state index in [0.717, 1.165) is 11.8 Å². The first-order chi connectivity index (χ1) is 9.44. The van der Waals surface area contributed by atoms with Crippen molar-refractivity contribution in [2.75, 3.05) is 0 Å². The number of sulfonamides is 1. The van der Waals surface area contributed by atoms with Gasteiger partial charge in [0.05, 0.1) is 6.20 Å². The van der Waals surface area contributed by atoms with Crippen LogP contribution in [0.15, 0.2) is 29.3 Å². The molecule has 0 saturated carbocycles. The van der Waals surface area contributed by atoms with Crippen molar-refractivity contribution in [3.05, 3.63) is 47.0 Å². The maximum atomic E-state index is 13.7. The summed E-state index contributed by atoms with van der Waals surface area (Å²) in [6, 6.07) is 3.79. The van der Waals surface area contributed by atoms with Gasteiger partial charge in [0.25, 0.3) is 0 Å². The highest BCUT2D eigenvalue weighted by atomic mass is 32.2. The molecule has 0 aliphatic heterocycles. The molecule has 0 spiro atoms. The quantitative estimate of drug-likeness (QED) is 0.759. The van der Waals surface area contributed by atoms with Crippen molar-refractivity contribution in [3.63, 3.8) is 0 Å². The summed E-state index contributed by atoms with van der Waals surface area (Å²) in [5.74, 6) is -0.807. The molecule has 0 saturated heterocycles. The van der Waals surface area contributed by atoms with E-state index in [2.05, 4.69) is 14.9 Å². The second-order valence-electron chi connectivity index (χ2n) is 4.31. The number of aryl methyl sites for hydroxylation is 1. The highest BCUT2D eigenvalue weighted by Gasteiger charge is 2.19. The molecule has 20 heavy (non-hydrogen) atoms. The molecule has 4 N–H and O–H groups in total. The van der Waals surface area contributed by atoms with E-state index in [4.69, 9.17) is 5.73 Å². The van der Waals surface area contributed by atoms with Gasteiger partial charge in [-0.25, -0.2) is 17.5 Å². The Labute approximate surface area is 116 Å². The number of nitrogens with zero attached hydrogens (tertiary/aromatic N) is 1. The Morgan fingerprint density at radius 1 is 1.45 bits per heavy atom. The van der Waals surface area contributed by atoms with Crippen LogP contribution in [-0.2, 0) is 23.1 Å². The highest BCUT2D eigenvalue weighted by Crippen LogP contribution is 2.17. The largest absolute Gasteiger partial charge is 0.326 e. The van der Waals surface area contributed by atoms with Crippen LogP contribution in [0.2, 0.25) is 0 Å². The van der Waals surface area contributed by atoms with E-state index in [1.54, 1.807) is 6.92 Å². The van der Waals surface area contributed by atoms with E-state index < -0.39 is 20.7 Å².